The van der Waals surface area contributed by atoms with E-state index < -0.39 is 0 Å². The molecule has 1 unspecified atom stereocenters. The van der Waals surface area contributed by atoms with Crippen molar-refractivity contribution in [2.45, 2.75) is 26.2 Å². The first kappa shape index (κ1) is 12.4. The van der Waals surface area contributed by atoms with Crippen molar-refractivity contribution in [1.82, 2.24) is 0 Å². The SMILES string of the molecule is CC(CCl)C(=O)Nc1sc2c(c1C#N)CCC2. The predicted octanol–water partition coefficient (Wildman–Crippen LogP) is 2.92. The van der Waals surface area contributed by atoms with E-state index >= 15 is 0 Å². The Morgan fingerprint density at radius 3 is 3.06 bits per heavy atom. The number of nitrogens with zero attached hydrogens (tertiary/aromatic N) is 1. The van der Waals surface area contributed by atoms with E-state index in [1.165, 1.54) is 16.2 Å². The Morgan fingerprint density at radius 2 is 2.41 bits per heavy atom. The molecule has 1 atom stereocenters. The number of carbonyl (C=O) groups is 1. The van der Waals surface area contributed by atoms with E-state index in [1.807, 2.05) is 0 Å². The second-order valence-corrected chi connectivity index (χ2v) is 5.63. The lowest BCUT2D eigenvalue weighted by Crippen LogP contribution is -2.21. The van der Waals surface area contributed by atoms with Crippen LogP contribution in [0.1, 0.15) is 29.3 Å². The summed E-state index contributed by atoms with van der Waals surface area (Å²) in [4.78, 5) is 13.0. The van der Waals surface area contributed by atoms with Crippen LogP contribution in [0, 0.1) is 17.2 Å². The Bertz CT molecular complexity index is 489. The van der Waals surface area contributed by atoms with Crippen molar-refractivity contribution >= 4 is 33.8 Å². The number of nitriles is 1. The first-order valence-electron chi connectivity index (χ1n) is 5.58. The van der Waals surface area contributed by atoms with Gasteiger partial charge in [0.2, 0.25) is 5.91 Å². The fourth-order valence-electron chi connectivity index (χ4n) is 1.92. The van der Waals surface area contributed by atoms with E-state index in [0.717, 1.165) is 24.8 Å². The molecule has 5 heteroatoms. The maximum absolute atomic E-state index is 11.7. The first-order chi connectivity index (χ1) is 8.17. The van der Waals surface area contributed by atoms with Gasteiger partial charge in [0.1, 0.15) is 11.1 Å². The number of alkyl halides is 1. The first-order valence-corrected chi connectivity index (χ1v) is 6.94. The average molecular weight is 269 g/mol. The van der Waals surface area contributed by atoms with Crippen LogP contribution in [0.3, 0.4) is 0 Å². The molecule has 2 rings (SSSR count). The molecule has 1 amide bonds. The van der Waals surface area contributed by atoms with E-state index in [9.17, 15) is 4.79 Å². The molecule has 1 N–H and O–H groups in total. The summed E-state index contributed by atoms with van der Waals surface area (Å²) < 4.78 is 0. The highest BCUT2D eigenvalue weighted by atomic mass is 35.5. The summed E-state index contributed by atoms with van der Waals surface area (Å²) in [6.45, 7) is 1.77. The Labute approximate surface area is 109 Å². The molecule has 0 spiro atoms. The Kier molecular flexibility index (Phi) is 3.70. The van der Waals surface area contributed by atoms with Crippen molar-refractivity contribution in [3.63, 3.8) is 0 Å². The molecule has 0 radical (unpaired) electrons. The minimum Gasteiger partial charge on any atom is -0.316 e. The standard InChI is InChI=1S/C12H13ClN2OS/c1-7(5-13)11(16)15-12-9(6-14)8-3-2-4-10(8)17-12/h7H,2-5H2,1H3,(H,15,16). The zero-order chi connectivity index (χ0) is 12.4. The van der Waals surface area contributed by atoms with Crippen LogP contribution in [0.25, 0.3) is 0 Å². The monoisotopic (exact) mass is 268 g/mol. The number of amides is 1. The number of rotatable bonds is 3. The Balaban J connectivity index is 2.23. The number of fused-ring (bicyclic) bond motifs is 1. The fourth-order valence-corrected chi connectivity index (χ4v) is 3.30. The van der Waals surface area contributed by atoms with Gasteiger partial charge in [0.05, 0.1) is 5.56 Å². The summed E-state index contributed by atoms with van der Waals surface area (Å²) in [5.74, 6) is -0.0599. The number of hydrogen-bond donors (Lipinski definition) is 1. The van der Waals surface area contributed by atoms with Gasteiger partial charge in [0.15, 0.2) is 0 Å². The van der Waals surface area contributed by atoms with E-state index in [4.69, 9.17) is 16.9 Å². The fraction of sp³-hybridized carbons (Fsp3) is 0.500. The number of thiophene rings is 1. The van der Waals surface area contributed by atoms with Crippen LogP contribution in [0.4, 0.5) is 5.00 Å². The molecule has 0 aliphatic heterocycles. The molecule has 1 aliphatic rings. The molecule has 1 aromatic rings. The van der Waals surface area contributed by atoms with Gasteiger partial charge in [0.25, 0.3) is 0 Å². The maximum Gasteiger partial charge on any atom is 0.229 e. The molecule has 0 saturated carbocycles. The predicted molar refractivity (Wildman–Crippen MR) is 69.6 cm³/mol. The zero-order valence-corrected chi connectivity index (χ0v) is 11.1. The van der Waals surface area contributed by atoms with Crippen molar-refractivity contribution in [2.75, 3.05) is 11.2 Å². The lowest BCUT2D eigenvalue weighted by molar-refractivity contribution is -0.118. The second kappa shape index (κ2) is 5.07. The average Bonchev–Trinajstić information content (AvgIpc) is 2.87. The summed E-state index contributed by atoms with van der Waals surface area (Å²) in [6, 6.07) is 2.20. The summed E-state index contributed by atoms with van der Waals surface area (Å²) in [7, 11) is 0. The van der Waals surface area contributed by atoms with Gasteiger partial charge in [-0.1, -0.05) is 6.92 Å². The molecule has 0 fully saturated rings. The van der Waals surface area contributed by atoms with Crippen molar-refractivity contribution in [2.24, 2.45) is 5.92 Å². The van der Waals surface area contributed by atoms with Crippen LogP contribution in [-0.2, 0) is 17.6 Å². The molecule has 1 heterocycles. The van der Waals surface area contributed by atoms with Gasteiger partial charge in [-0.15, -0.1) is 22.9 Å². The van der Waals surface area contributed by atoms with Crippen molar-refractivity contribution in [3.05, 3.63) is 16.0 Å². The number of halogens is 1. The highest BCUT2D eigenvalue weighted by molar-refractivity contribution is 7.16. The van der Waals surface area contributed by atoms with Crippen LogP contribution in [0.15, 0.2) is 0 Å². The van der Waals surface area contributed by atoms with Gasteiger partial charge >= 0.3 is 0 Å². The van der Waals surface area contributed by atoms with Crippen molar-refractivity contribution in [3.8, 4) is 6.07 Å². The third kappa shape index (κ3) is 2.31. The van der Waals surface area contributed by atoms with Gasteiger partial charge < -0.3 is 5.32 Å². The Morgan fingerprint density at radius 1 is 1.65 bits per heavy atom. The third-order valence-corrected chi connectivity index (χ3v) is 4.62. The quantitative estimate of drug-likeness (QED) is 0.857. The molecular formula is C12H13ClN2OS. The van der Waals surface area contributed by atoms with Gasteiger partial charge in [0, 0.05) is 16.7 Å². The van der Waals surface area contributed by atoms with Crippen LogP contribution in [0.5, 0.6) is 0 Å². The highest BCUT2D eigenvalue weighted by Gasteiger charge is 2.23. The minimum atomic E-state index is -0.236. The minimum absolute atomic E-state index is 0.114. The number of carbonyl (C=O) groups excluding carboxylic acids is 1. The van der Waals surface area contributed by atoms with Crippen molar-refractivity contribution < 1.29 is 4.79 Å². The van der Waals surface area contributed by atoms with Crippen LogP contribution < -0.4 is 5.32 Å². The molecule has 0 bridgehead atoms. The molecule has 1 aliphatic carbocycles. The van der Waals surface area contributed by atoms with Gasteiger partial charge in [-0.2, -0.15) is 5.26 Å². The number of hydrogen-bond acceptors (Lipinski definition) is 3. The lowest BCUT2D eigenvalue weighted by atomic mass is 10.1. The molecule has 0 saturated heterocycles. The molecule has 0 aromatic carbocycles. The molecule has 3 nitrogen and oxygen atoms in total. The molecular weight excluding hydrogens is 256 g/mol. The van der Waals surface area contributed by atoms with Crippen LogP contribution >= 0.6 is 22.9 Å². The van der Waals surface area contributed by atoms with E-state index in [1.54, 1.807) is 6.92 Å². The number of nitrogens with one attached hydrogen (secondary N) is 1. The smallest absolute Gasteiger partial charge is 0.229 e. The number of aryl methyl sites for hydroxylation is 1. The molecule has 1 aromatic heterocycles. The highest BCUT2D eigenvalue weighted by Crippen LogP contribution is 2.38. The topological polar surface area (TPSA) is 52.9 Å². The maximum atomic E-state index is 11.7. The lowest BCUT2D eigenvalue weighted by Gasteiger charge is -2.07. The zero-order valence-electron chi connectivity index (χ0n) is 9.55. The number of anilines is 1. The largest absolute Gasteiger partial charge is 0.316 e. The summed E-state index contributed by atoms with van der Waals surface area (Å²) in [6.07, 6.45) is 3.09. The summed E-state index contributed by atoms with van der Waals surface area (Å²) in [5.41, 5.74) is 1.78. The van der Waals surface area contributed by atoms with E-state index in [0.29, 0.717) is 16.4 Å². The Hall–Kier alpha value is -1.05. The van der Waals surface area contributed by atoms with Crippen LogP contribution in [0.2, 0.25) is 0 Å². The molecule has 90 valence electrons. The van der Waals surface area contributed by atoms with E-state index in [-0.39, 0.29) is 11.8 Å². The second-order valence-electron chi connectivity index (χ2n) is 4.22. The normalized spacial score (nSPS) is 15.1. The van der Waals surface area contributed by atoms with Gasteiger partial charge in [-0.3, -0.25) is 4.79 Å². The van der Waals surface area contributed by atoms with Gasteiger partial charge in [-0.25, -0.2) is 0 Å². The molecule has 17 heavy (non-hydrogen) atoms. The van der Waals surface area contributed by atoms with Gasteiger partial charge in [-0.05, 0) is 24.8 Å². The van der Waals surface area contributed by atoms with Crippen LogP contribution in [-0.4, -0.2) is 11.8 Å². The third-order valence-electron chi connectivity index (χ3n) is 2.95. The summed E-state index contributed by atoms with van der Waals surface area (Å²) in [5, 5.41) is 12.7. The van der Waals surface area contributed by atoms with Crippen molar-refractivity contribution in [1.29, 1.82) is 5.26 Å². The van der Waals surface area contributed by atoms with E-state index in [2.05, 4.69) is 11.4 Å². The summed E-state index contributed by atoms with van der Waals surface area (Å²) >= 11 is 7.17.